The lowest BCUT2D eigenvalue weighted by Gasteiger charge is -2.43. The summed E-state index contributed by atoms with van der Waals surface area (Å²) in [7, 11) is -1.84. The van der Waals surface area contributed by atoms with Crippen LogP contribution in [0.25, 0.3) is 0 Å². The van der Waals surface area contributed by atoms with E-state index < -0.39 is 39.5 Å². The molecule has 1 saturated carbocycles. The molecule has 0 radical (unpaired) electrons. The van der Waals surface area contributed by atoms with Crippen molar-refractivity contribution in [1.82, 2.24) is 19.8 Å². The van der Waals surface area contributed by atoms with Crippen molar-refractivity contribution < 1.29 is 32.2 Å². The zero-order valence-corrected chi connectivity index (χ0v) is 27.0. The number of halogens is 1. The standard InChI is InChI=1S/C32H49FN4O6S/c1-32(2)18-23(15-16-43-32)28(22-9-12-24(33)13-10-22)29(36(3)31(39)40)30(38)35-27-8-4-6-21(27)11-14-26-19-34-25-7-5-17-44(41,42)37(26)20-25/h9-10,12-13,21,23,25-29,34H,4-8,11,14-20H2,1-3H3,(H,35,38)(H,39,40)/t21-,23?,25-,26+,27+,28+,29+/m1/s1. The van der Waals surface area contributed by atoms with E-state index in [9.17, 15) is 27.5 Å². The fourth-order valence-corrected chi connectivity index (χ4v) is 9.98. The molecule has 246 valence electrons. The zero-order valence-electron chi connectivity index (χ0n) is 26.2. The number of rotatable bonds is 9. The van der Waals surface area contributed by atoms with Crippen LogP contribution in [-0.4, -0.2) is 97.0 Å². The van der Waals surface area contributed by atoms with E-state index in [0.717, 1.165) is 42.6 Å². The van der Waals surface area contributed by atoms with Gasteiger partial charge in [-0.1, -0.05) is 18.6 Å². The average molecular weight is 637 g/mol. The average Bonchev–Trinajstić information content (AvgIpc) is 3.36. The number of fused-ring (bicyclic) bond motifs is 2. The largest absolute Gasteiger partial charge is 0.465 e. The van der Waals surface area contributed by atoms with E-state index in [1.54, 1.807) is 16.4 Å². The van der Waals surface area contributed by atoms with E-state index >= 15 is 0 Å². The number of hydrogen-bond acceptors (Lipinski definition) is 6. The van der Waals surface area contributed by atoms with E-state index in [1.165, 1.54) is 19.2 Å². The minimum atomic E-state index is -3.28. The van der Waals surface area contributed by atoms with E-state index in [0.29, 0.717) is 45.4 Å². The predicted octanol–water partition coefficient (Wildman–Crippen LogP) is 3.92. The van der Waals surface area contributed by atoms with Crippen LogP contribution in [-0.2, 0) is 19.6 Å². The second-order valence-electron chi connectivity index (χ2n) is 13.9. The van der Waals surface area contributed by atoms with Crippen molar-refractivity contribution >= 4 is 22.0 Å². The maximum Gasteiger partial charge on any atom is 0.407 e. The SMILES string of the molecule is CN(C(=O)O)[C@H](C(=O)N[C@H]1CCC[C@@H]1CC[C@H]1CN[C@@H]2CCCS(=O)(=O)N1C2)[C@@H](c1ccc(F)cc1)C1CCOC(C)(C)C1. The van der Waals surface area contributed by atoms with Crippen LogP contribution in [0.15, 0.2) is 24.3 Å². The molecule has 3 aliphatic heterocycles. The van der Waals surface area contributed by atoms with Crippen molar-refractivity contribution in [1.29, 1.82) is 0 Å². The number of carboxylic acid groups (broad SMARTS) is 1. The van der Waals surface area contributed by atoms with E-state index in [2.05, 4.69) is 10.6 Å². The van der Waals surface area contributed by atoms with Crippen molar-refractivity contribution in [2.45, 2.75) is 107 Å². The molecule has 5 rings (SSSR count). The molecule has 2 amide bonds. The molecule has 0 spiro atoms. The van der Waals surface area contributed by atoms with Crippen molar-refractivity contribution in [3.05, 3.63) is 35.6 Å². The Morgan fingerprint density at radius 2 is 1.91 bits per heavy atom. The molecule has 1 aromatic rings. The Hall–Kier alpha value is -2.28. The topological polar surface area (TPSA) is 128 Å². The normalized spacial score (nSPS) is 32.6. The Labute approximate surface area is 261 Å². The second-order valence-corrected chi connectivity index (χ2v) is 16.0. The fraction of sp³-hybridized carbons (Fsp3) is 0.750. The van der Waals surface area contributed by atoms with Gasteiger partial charge >= 0.3 is 6.09 Å². The van der Waals surface area contributed by atoms with Gasteiger partial charge in [-0.3, -0.25) is 9.69 Å². The molecule has 12 heteroatoms. The third-order valence-electron chi connectivity index (χ3n) is 10.4. The molecule has 3 heterocycles. The van der Waals surface area contributed by atoms with Crippen LogP contribution in [0.5, 0.6) is 0 Å². The Morgan fingerprint density at radius 3 is 2.61 bits per heavy atom. The Morgan fingerprint density at radius 1 is 1.16 bits per heavy atom. The van der Waals surface area contributed by atoms with Gasteiger partial charge in [-0.25, -0.2) is 17.6 Å². The number of carbonyl (C=O) groups excluding carboxylic acids is 1. The summed E-state index contributed by atoms with van der Waals surface area (Å²) < 4.78 is 47.5. The Kier molecular flexibility index (Phi) is 10.2. The lowest BCUT2D eigenvalue weighted by molar-refractivity contribution is -0.129. The van der Waals surface area contributed by atoms with Crippen LogP contribution in [0.1, 0.15) is 83.1 Å². The van der Waals surface area contributed by atoms with E-state index in [4.69, 9.17) is 4.74 Å². The number of ether oxygens (including phenoxy) is 1. The van der Waals surface area contributed by atoms with Gasteiger partial charge in [0.05, 0.1) is 11.4 Å². The highest BCUT2D eigenvalue weighted by atomic mass is 32.2. The van der Waals surface area contributed by atoms with Gasteiger partial charge in [0.15, 0.2) is 0 Å². The van der Waals surface area contributed by atoms with Crippen molar-refractivity contribution in [2.24, 2.45) is 11.8 Å². The number of nitrogens with one attached hydrogen (secondary N) is 2. The molecular formula is C32H49FN4O6S. The molecule has 8 atom stereocenters. The molecule has 0 aromatic heterocycles. The predicted molar refractivity (Wildman–Crippen MR) is 165 cm³/mol. The van der Waals surface area contributed by atoms with Crippen LogP contribution in [0.3, 0.4) is 0 Å². The van der Waals surface area contributed by atoms with E-state index in [1.807, 2.05) is 13.8 Å². The summed E-state index contributed by atoms with van der Waals surface area (Å²) in [6.45, 7) is 5.65. The van der Waals surface area contributed by atoms with Crippen molar-refractivity contribution in [3.63, 3.8) is 0 Å². The summed E-state index contributed by atoms with van der Waals surface area (Å²) in [5, 5.41) is 16.9. The maximum absolute atomic E-state index is 14.2. The van der Waals surface area contributed by atoms with Crippen LogP contribution in [0.2, 0.25) is 0 Å². The number of carbonyl (C=O) groups is 2. The summed E-state index contributed by atoms with van der Waals surface area (Å²) in [6, 6.07) is 5.02. The summed E-state index contributed by atoms with van der Waals surface area (Å²) in [6.07, 6.45) is 5.79. The van der Waals surface area contributed by atoms with Crippen LogP contribution >= 0.6 is 0 Å². The molecule has 2 bridgehead atoms. The molecule has 1 aliphatic carbocycles. The van der Waals surface area contributed by atoms with Gasteiger partial charge < -0.3 is 20.5 Å². The van der Waals surface area contributed by atoms with Gasteiger partial charge in [0.2, 0.25) is 15.9 Å². The van der Waals surface area contributed by atoms with Crippen LogP contribution < -0.4 is 10.6 Å². The molecule has 10 nitrogen and oxygen atoms in total. The van der Waals surface area contributed by atoms with Crippen LogP contribution in [0, 0.1) is 17.7 Å². The molecule has 4 fully saturated rings. The highest BCUT2D eigenvalue weighted by Crippen LogP contribution is 2.42. The molecule has 4 aliphatic rings. The molecule has 1 aromatic carbocycles. The molecule has 3 saturated heterocycles. The second kappa shape index (κ2) is 13.6. The van der Waals surface area contributed by atoms with Gasteiger partial charge in [0, 0.05) is 50.8 Å². The third-order valence-corrected chi connectivity index (χ3v) is 12.4. The first-order valence-electron chi connectivity index (χ1n) is 16.2. The van der Waals surface area contributed by atoms with Crippen LogP contribution in [0.4, 0.5) is 9.18 Å². The number of likely N-dealkylation sites (N-methyl/N-ethyl adjacent to an activating group) is 1. The molecule has 44 heavy (non-hydrogen) atoms. The number of nitrogens with zero attached hydrogens (tertiary/aromatic N) is 2. The minimum absolute atomic E-state index is 0.0562. The number of amides is 2. The monoisotopic (exact) mass is 636 g/mol. The van der Waals surface area contributed by atoms with Crippen molar-refractivity contribution in [2.75, 3.05) is 32.5 Å². The van der Waals surface area contributed by atoms with E-state index in [-0.39, 0.29) is 41.6 Å². The van der Waals surface area contributed by atoms with Crippen molar-refractivity contribution in [3.8, 4) is 0 Å². The summed E-state index contributed by atoms with van der Waals surface area (Å²) in [4.78, 5) is 27.7. The third kappa shape index (κ3) is 7.57. The van der Waals surface area contributed by atoms with Gasteiger partial charge in [0.25, 0.3) is 0 Å². The first-order valence-corrected chi connectivity index (χ1v) is 17.8. The Balaban J connectivity index is 1.34. The first kappa shape index (κ1) is 33.1. The Bertz CT molecular complexity index is 1280. The zero-order chi connectivity index (χ0) is 31.6. The molecule has 3 N–H and O–H groups in total. The fourth-order valence-electron chi connectivity index (χ4n) is 8.17. The molecular weight excluding hydrogens is 587 g/mol. The summed E-state index contributed by atoms with van der Waals surface area (Å²) in [5.74, 6) is -0.913. The number of benzene rings is 1. The molecule has 2 unspecified atom stereocenters. The number of sulfonamides is 1. The quantitative estimate of drug-likeness (QED) is 0.375. The van der Waals surface area contributed by atoms with Gasteiger partial charge in [-0.05, 0) is 94.7 Å². The minimum Gasteiger partial charge on any atom is -0.465 e. The smallest absolute Gasteiger partial charge is 0.407 e. The highest BCUT2D eigenvalue weighted by Gasteiger charge is 2.45. The first-order chi connectivity index (χ1) is 20.8. The van der Waals surface area contributed by atoms with Gasteiger partial charge in [0.1, 0.15) is 11.9 Å². The number of piperazine rings is 1. The lowest BCUT2D eigenvalue weighted by Crippen LogP contribution is -2.57. The number of hydrogen-bond donors (Lipinski definition) is 3. The lowest BCUT2D eigenvalue weighted by atomic mass is 9.72. The maximum atomic E-state index is 14.2. The highest BCUT2D eigenvalue weighted by molar-refractivity contribution is 7.89. The van der Waals surface area contributed by atoms with Gasteiger partial charge in [-0.15, -0.1) is 0 Å². The summed E-state index contributed by atoms with van der Waals surface area (Å²) >= 11 is 0. The van der Waals surface area contributed by atoms with Gasteiger partial charge in [-0.2, -0.15) is 4.31 Å². The summed E-state index contributed by atoms with van der Waals surface area (Å²) in [5.41, 5.74) is 0.294.